The van der Waals surface area contributed by atoms with Gasteiger partial charge in [-0.3, -0.25) is 10.1 Å². The lowest BCUT2D eigenvalue weighted by Gasteiger charge is -2.02. The van der Waals surface area contributed by atoms with Crippen LogP contribution in [0.4, 0.5) is 5.69 Å². The van der Waals surface area contributed by atoms with Crippen molar-refractivity contribution in [3.05, 3.63) is 70.0 Å². The predicted molar refractivity (Wildman–Crippen MR) is 77.8 cm³/mol. The van der Waals surface area contributed by atoms with Crippen LogP contribution in [0.5, 0.6) is 0 Å². The van der Waals surface area contributed by atoms with E-state index in [2.05, 4.69) is 0 Å². The van der Waals surface area contributed by atoms with Crippen molar-refractivity contribution in [2.75, 3.05) is 6.61 Å². The number of nitro groups is 1. The highest BCUT2D eigenvalue weighted by molar-refractivity contribution is 5.88. The zero-order chi connectivity index (χ0) is 15.2. The van der Waals surface area contributed by atoms with Gasteiger partial charge in [-0.15, -0.1) is 0 Å². The van der Waals surface area contributed by atoms with Crippen LogP contribution in [0.2, 0.25) is 0 Å². The second-order valence-corrected chi connectivity index (χ2v) is 4.36. The number of nitrogens with zero attached hydrogens (tertiary/aromatic N) is 2. The molecular weight excluding hydrogens is 272 g/mol. The van der Waals surface area contributed by atoms with E-state index in [1.165, 1.54) is 16.8 Å². The number of carbonyl (C=O) groups is 1. The summed E-state index contributed by atoms with van der Waals surface area (Å²) in [6.07, 6.45) is 4.82. The number of hydrogen-bond acceptors (Lipinski definition) is 4. The van der Waals surface area contributed by atoms with Gasteiger partial charge in [0.25, 0.3) is 5.69 Å². The Labute approximate surface area is 121 Å². The molecule has 1 aromatic carbocycles. The molecule has 0 fully saturated rings. The van der Waals surface area contributed by atoms with Gasteiger partial charge in [-0.1, -0.05) is 36.4 Å². The highest BCUT2D eigenvalue weighted by atomic mass is 16.6. The molecule has 0 amide bonds. The molecule has 0 radical (unpaired) electrons. The maximum Gasteiger partial charge on any atom is 0.355 e. The van der Waals surface area contributed by atoms with E-state index in [1.54, 1.807) is 13.1 Å². The van der Waals surface area contributed by atoms with Gasteiger partial charge in [0, 0.05) is 13.1 Å². The summed E-state index contributed by atoms with van der Waals surface area (Å²) in [4.78, 5) is 21.9. The normalized spacial score (nSPS) is 10.7. The van der Waals surface area contributed by atoms with Gasteiger partial charge in [-0.2, -0.15) is 0 Å². The lowest BCUT2D eigenvalue weighted by molar-refractivity contribution is -0.384. The average Bonchev–Trinajstić information content (AvgIpc) is 2.87. The third-order valence-electron chi connectivity index (χ3n) is 2.83. The molecule has 0 aliphatic heterocycles. The van der Waals surface area contributed by atoms with Crippen LogP contribution in [-0.4, -0.2) is 22.1 Å². The molecule has 0 unspecified atom stereocenters. The lowest BCUT2D eigenvalue weighted by Crippen LogP contribution is -2.09. The van der Waals surface area contributed by atoms with Gasteiger partial charge in [-0.25, -0.2) is 4.79 Å². The van der Waals surface area contributed by atoms with E-state index in [0.717, 1.165) is 5.56 Å². The molecule has 1 heterocycles. The maximum atomic E-state index is 11.8. The number of hydrogen-bond donors (Lipinski definition) is 0. The summed E-state index contributed by atoms with van der Waals surface area (Å²) in [7, 11) is 1.56. The first kappa shape index (κ1) is 14.5. The molecule has 108 valence electrons. The Bertz CT molecular complexity index is 674. The molecule has 2 rings (SSSR count). The predicted octanol–water partition coefficient (Wildman–Crippen LogP) is 2.80. The van der Waals surface area contributed by atoms with Crippen molar-refractivity contribution in [2.45, 2.75) is 0 Å². The number of carbonyl (C=O) groups excluding carboxylic acids is 1. The summed E-state index contributed by atoms with van der Waals surface area (Å²) in [5.41, 5.74) is 1.02. The van der Waals surface area contributed by atoms with E-state index in [4.69, 9.17) is 4.74 Å². The maximum absolute atomic E-state index is 11.8. The van der Waals surface area contributed by atoms with E-state index in [9.17, 15) is 14.9 Å². The number of esters is 1. The zero-order valence-electron chi connectivity index (χ0n) is 11.4. The molecule has 0 saturated heterocycles. The number of rotatable bonds is 5. The molecule has 0 spiro atoms. The first-order valence-electron chi connectivity index (χ1n) is 6.27. The van der Waals surface area contributed by atoms with E-state index in [1.807, 2.05) is 36.4 Å². The number of aromatic nitrogens is 1. The second-order valence-electron chi connectivity index (χ2n) is 4.36. The Hall–Kier alpha value is -2.89. The Balaban J connectivity index is 1.93. The van der Waals surface area contributed by atoms with E-state index < -0.39 is 10.9 Å². The summed E-state index contributed by atoms with van der Waals surface area (Å²) in [6.45, 7) is 0.104. The highest BCUT2D eigenvalue weighted by Gasteiger charge is 2.18. The van der Waals surface area contributed by atoms with Gasteiger partial charge in [0.2, 0.25) is 0 Å². The number of benzene rings is 1. The topological polar surface area (TPSA) is 74.4 Å². The monoisotopic (exact) mass is 286 g/mol. The van der Waals surface area contributed by atoms with Gasteiger partial charge in [-0.05, 0) is 11.6 Å². The summed E-state index contributed by atoms with van der Waals surface area (Å²) < 4.78 is 6.43. The van der Waals surface area contributed by atoms with Crippen LogP contribution in [-0.2, 0) is 11.8 Å². The SMILES string of the molecule is Cn1cc([N+](=O)[O-])cc1C(=O)OC/C=C/c1ccccc1. The average molecular weight is 286 g/mol. The quantitative estimate of drug-likeness (QED) is 0.481. The molecule has 1 aromatic heterocycles. The van der Waals surface area contributed by atoms with Gasteiger partial charge in [0.1, 0.15) is 12.3 Å². The molecule has 21 heavy (non-hydrogen) atoms. The van der Waals surface area contributed by atoms with Crippen LogP contribution in [0.25, 0.3) is 6.08 Å². The van der Waals surface area contributed by atoms with Crippen molar-refractivity contribution in [1.82, 2.24) is 4.57 Å². The van der Waals surface area contributed by atoms with Crippen LogP contribution >= 0.6 is 0 Å². The number of aryl methyl sites for hydroxylation is 1. The Kier molecular flexibility index (Phi) is 4.50. The van der Waals surface area contributed by atoms with Gasteiger partial charge in [0.15, 0.2) is 0 Å². The van der Waals surface area contributed by atoms with Gasteiger partial charge >= 0.3 is 5.97 Å². The van der Waals surface area contributed by atoms with Crippen LogP contribution in [0.15, 0.2) is 48.7 Å². The smallest absolute Gasteiger partial charge is 0.355 e. The standard InChI is InChI=1S/C15H14N2O4/c1-16-11-13(17(19)20)10-14(16)15(18)21-9-5-8-12-6-3-2-4-7-12/h2-8,10-11H,9H2,1H3/b8-5+. The third kappa shape index (κ3) is 3.79. The minimum absolute atomic E-state index is 0.104. The summed E-state index contributed by atoms with van der Waals surface area (Å²) >= 11 is 0. The molecule has 0 atom stereocenters. The fourth-order valence-electron chi connectivity index (χ4n) is 1.80. The Morgan fingerprint density at radius 2 is 2.10 bits per heavy atom. The van der Waals surface area contributed by atoms with Crippen LogP contribution in [0, 0.1) is 10.1 Å². The Morgan fingerprint density at radius 1 is 1.38 bits per heavy atom. The number of ether oxygens (including phenoxy) is 1. The molecule has 0 aliphatic carbocycles. The molecule has 0 N–H and O–H groups in total. The molecule has 2 aromatic rings. The summed E-state index contributed by atoms with van der Waals surface area (Å²) in [5, 5.41) is 10.6. The van der Waals surface area contributed by atoms with E-state index >= 15 is 0 Å². The molecule has 6 heteroatoms. The van der Waals surface area contributed by atoms with Crippen molar-refractivity contribution >= 4 is 17.7 Å². The summed E-state index contributed by atoms with van der Waals surface area (Å²) in [6, 6.07) is 10.8. The van der Waals surface area contributed by atoms with Gasteiger partial charge in [0.05, 0.1) is 11.1 Å². The second kappa shape index (κ2) is 6.51. The van der Waals surface area contributed by atoms with E-state index in [-0.39, 0.29) is 18.0 Å². The molecule has 0 saturated carbocycles. The Morgan fingerprint density at radius 3 is 2.71 bits per heavy atom. The molecule has 6 nitrogen and oxygen atoms in total. The largest absolute Gasteiger partial charge is 0.457 e. The van der Waals surface area contributed by atoms with Gasteiger partial charge < -0.3 is 9.30 Å². The lowest BCUT2D eigenvalue weighted by atomic mass is 10.2. The minimum atomic E-state index is -0.594. The molecule has 0 aliphatic rings. The van der Waals surface area contributed by atoms with Crippen LogP contribution in [0.1, 0.15) is 16.1 Å². The van der Waals surface area contributed by atoms with Crippen LogP contribution in [0.3, 0.4) is 0 Å². The highest BCUT2D eigenvalue weighted by Crippen LogP contribution is 2.15. The van der Waals surface area contributed by atoms with Crippen molar-refractivity contribution < 1.29 is 14.5 Å². The minimum Gasteiger partial charge on any atom is -0.457 e. The fourth-order valence-corrected chi connectivity index (χ4v) is 1.80. The van der Waals surface area contributed by atoms with Crippen molar-refractivity contribution in [1.29, 1.82) is 0 Å². The van der Waals surface area contributed by atoms with Crippen molar-refractivity contribution in [3.8, 4) is 0 Å². The molecule has 0 bridgehead atoms. The van der Waals surface area contributed by atoms with E-state index in [0.29, 0.717) is 0 Å². The van der Waals surface area contributed by atoms with Crippen molar-refractivity contribution in [3.63, 3.8) is 0 Å². The fraction of sp³-hybridized carbons (Fsp3) is 0.133. The first-order valence-corrected chi connectivity index (χ1v) is 6.27. The zero-order valence-corrected chi connectivity index (χ0v) is 11.4. The first-order chi connectivity index (χ1) is 10.1. The summed E-state index contributed by atoms with van der Waals surface area (Å²) in [5.74, 6) is -0.594. The molecular formula is C15H14N2O4. The third-order valence-corrected chi connectivity index (χ3v) is 2.83. The van der Waals surface area contributed by atoms with Crippen LogP contribution < -0.4 is 0 Å². The van der Waals surface area contributed by atoms with Crippen molar-refractivity contribution in [2.24, 2.45) is 7.05 Å².